The molecule has 1 aliphatic carbocycles. The lowest BCUT2D eigenvalue weighted by Gasteiger charge is -2.38. The van der Waals surface area contributed by atoms with E-state index in [4.69, 9.17) is 4.52 Å². The van der Waals surface area contributed by atoms with Crippen molar-refractivity contribution in [3.05, 3.63) is 18.0 Å². The molecular formula is C16H27N5O2. The van der Waals surface area contributed by atoms with Crippen molar-refractivity contribution >= 4 is 5.96 Å². The van der Waals surface area contributed by atoms with E-state index in [1.165, 1.54) is 0 Å². The molecule has 0 unspecified atom stereocenters. The molecule has 0 amide bonds. The van der Waals surface area contributed by atoms with Crippen molar-refractivity contribution in [2.75, 3.05) is 39.3 Å². The summed E-state index contributed by atoms with van der Waals surface area (Å²) in [4.78, 5) is 9.32. The summed E-state index contributed by atoms with van der Waals surface area (Å²) >= 11 is 0. The molecule has 1 aromatic rings. The van der Waals surface area contributed by atoms with Gasteiger partial charge in [-0.25, -0.2) is 0 Å². The van der Waals surface area contributed by atoms with Gasteiger partial charge in [0.1, 0.15) is 6.26 Å². The van der Waals surface area contributed by atoms with E-state index in [1.807, 2.05) is 6.07 Å². The molecular weight excluding hydrogens is 294 g/mol. The second kappa shape index (κ2) is 7.31. The third kappa shape index (κ3) is 4.23. The SMILES string of the molecule is CCNC(=NCC1(O)CCC1)N1CCN(Cc2ccon2)CC1. The molecule has 3 rings (SSSR count). The van der Waals surface area contributed by atoms with E-state index in [0.717, 1.165) is 70.2 Å². The van der Waals surface area contributed by atoms with Crippen LogP contribution in [0.15, 0.2) is 21.8 Å². The third-order valence-electron chi connectivity index (χ3n) is 4.69. The maximum absolute atomic E-state index is 10.2. The molecule has 2 N–H and O–H groups in total. The molecule has 23 heavy (non-hydrogen) atoms. The zero-order valence-electron chi connectivity index (χ0n) is 13.9. The van der Waals surface area contributed by atoms with E-state index in [-0.39, 0.29) is 0 Å². The van der Waals surface area contributed by atoms with Crippen LogP contribution >= 0.6 is 0 Å². The largest absolute Gasteiger partial charge is 0.388 e. The summed E-state index contributed by atoms with van der Waals surface area (Å²) in [5.41, 5.74) is 0.418. The first-order chi connectivity index (χ1) is 11.2. The van der Waals surface area contributed by atoms with Crippen molar-refractivity contribution in [1.29, 1.82) is 0 Å². The van der Waals surface area contributed by atoms with Crippen LogP contribution in [0.1, 0.15) is 31.9 Å². The number of aromatic nitrogens is 1. The van der Waals surface area contributed by atoms with Gasteiger partial charge in [-0.3, -0.25) is 9.89 Å². The topological polar surface area (TPSA) is 77.1 Å². The predicted molar refractivity (Wildman–Crippen MR) is 88.1 cm³/mol. The zero-order chi connectivity index (χ0) is 16.1. The molecule has 0 radical (unpaired) electrons. The Balaban J connectivity index is 1.51. The quantitative estimate of drug-likeness (QED) is 0.613. The molecule has 7 nitrogen and oxygen atoms in total. The summed E-state index contributed by atoms with van der Waals surface area (Å²) in [5, 5.41) is 17.6. The van der Waals surface area contributed by atoms with Crippen LogP contribution in [0, 0.1) is 0 Å². The van der Waals surface area contributed by atoms with Crippen molar-refractivity contribution in [2.45, 2.75) is 38.3 Å². The molecule has 1 aromatic heterocycles. The summed E-state index contributed by atoms with van der Waals surface area (Å²) in [6, 6.07) is 1.91. The van der Waals surface area contributed by atoms with E-state index >= 15 is 0 Å². The Labute approximate surface area is 137 Å². The van der Waals surface area contributed by atoms with Gasteiger partial charge in [-0.15, -0.1) is 0 Å². The molecule has 0 bridgehead atoms. The van der Waals surface area contributed by atoms with Gasteiger partial charge in [0.2, 0.25) is 0 Å². The van der Waals surface area contributed by atoms with Crippen LogP contribution in [0.2, 0.25) is 0 Å². The first-order valence-corrected chi connectivity index (χ1v) is 8.56. The molecule has 0 aromatic carbocycles. The molecule has 1 saturated heterocycles. The van der Waals surface area contributed by atoms with Crippen LogP contribution in [0.4, 0.5) is 0 Å². The lowest BCUT2D eigenvalue weighted by molar-refractivity contribution is -0.0238. The summed E-state index contributed by atoms with van der Waals surface area (Å²) in [7, 11) is 0. The molecule has 7 heteroatoms. The minimum Gasteiger partial charge on any atom is -0.388 e. The Morgan fingerprint density at radius 1 is 1.39 bits per heavy atom. The fourth-order valence-corrected chi connectivity index (χ4v) is 3.06. The Morgan fingerprint density at radius 3 is 2.74 bits per heavy atom. The Hall–Kier alpha value is -1.60. The number of aliphatic imine (C=N–C) groups is 1. The number of hydrogen-bond acceptors (Lipinski definition) is 5. The van der Waals surface area contributed by atoms with E-state index in [9.17, 15) is 5.11 Å². The second-order valence-corrected chi connectivity index (χ2v) is 6.50. The van der Waals surface area contributed by atoms with Gasteiger partial charge in [0, 0.05) is 45.3 Å². The molecule has 1 aliphatic heterocycles. The summed E-state index contributed by atoms with van der Waals surface area (Å²) < 4.78 is 4.89. The monoisotopic (exact) mass is 321 g/mol. The van der Waals surface area contributed by atoms with Gasteiger partial charge in [0.05, 0.1) is 17.8 Å². The minimum absolute atomic E-state index is 0.508. The highest BCUT2D eigenvalue weighted by Crippen LogP contribution is 2.31. The smallest absolute Gasteiger partial charge is 0.194 e. The van der Waals surface area contributed by atoms with Crippen molar-refractivity contribution in [3.8, 4) is 0 Å². The average Bonchev–Trinajstić information content (AvgIpc) is 3.03. The van der Waals surface area contributed by atoms with Gasteiger partial charge >= 0.3 is 0 Å². The number of nitrogens with zero attached hydrogens (tertiary/aromatic N) is 4. The van der Waals surface area contributed by atoms with Gasteiger partial charge in [-0.1, -0.05) is 5.16 Å². The summed E-state index contributed by atoms with van der Waals surface area (Å²) in [5.74, 6) is 0.925. The van der Waals surface area contributed by atoms with Crippen LogP contribution in [-0.2, 0) is 6.54 Å². The maximum atomic E-state index is 10.2. The molecule has 2 heterocycles. The second-order valence-electron chi connectivity index (χ2n) is 6.50. The van der Waals surface area contributed by atoms with Crippen molar-refractivity contribution in [2.24, 2.45) is 4.99 Å². The molecule has 128 valence electrons. The van der Waals surface area contributed by atoms with Crippen LogP contribution in [0.5, 0.6) is 0 Å². The fourth-order valence-electron chi connectivity index (χ4n) is 3.06. The van der Waals surface area contributed by atoms with Crippen LogP contribution in [0.25, 0.3) is 0 Å². The van der Waals surface area contributed by atoms with E-state index in [0.29, 0.717) is 6.54 Å². The van der Waals surface area contributed by atoms with Gasteiger partial charge in [-0.05, 0) is 26.2 Å². The van der Waals surface area contributed by atoms with E-state index in [1.54, 1.807) is 6.26 Å². The van der Waals surface area contributed by atoms with Crippen LogP contribution in [0.3, 0.4) is 0 Å². The molecule has 1 saturated carbocycles. The minimum atomic E-state index is -0.560. The van der Waals surface area contributed by atoms with Crippen molar-refractivity contribution in [1.82, 2.24) is 20.3 Å². The van der Waals surface area contributed by atoms with Gasteiger partial charge in [-0.2, -0.15) is 0 Å². The highest BCUT2D eigenvalue weighted by Gasteiger charge is 2.34. The molecule has 2 aliphatic rings. The number of rotatable bonds is 5. The van der Waals surface area contributed by atoms with Crippen molar-refractivity contribution in [3.63, 3.8) is 0 Å². The predicted octanol–water partition coefficient (Wildman–Crippen LogP) is 0.673. The third-order valence-corrected chi connectivity index (χ3v) is 4.69. The van der Waals surface area contributed by atoms with Gasteiger partial charge < -0.3 is 19.8 Å². The maximum Gasteiger partial charge on any atom is 0.194 e. The number of aliphatic hydroxyl groups is 1. The first kappa shape index (κ1) is 16.3. The van der Waals surface area contributed by atoms with E-state index < -0.39 is 5.60 Å². The highest BCUT2D eigenvalue weighted by atomic mass is 16.5. The first-order valence-electron chi connectivity index (χ1n) is 8.56. The fraction of sp³-hybridized carbons (Fsp3) is 0.750. The standard InChI is InChI=1S/C16H27N5O2/c1-2-17-15(18-13-16(22)5-3-6-16)21-9-7-20(8-10-21)12-14-4-11-23-19-14/h4,11,22H,2-3,5-10,12-13H2,1H3,(H,17,18). The van der Waals surface area contributed by atoms with Crippen molar-refractivity contribution < 1.29 is 9.63 Å². The van der Waals surface area contributed by atoms with E-state index in [2.05, 4.69) is 32.2 Å². The van der Waals surface area contributed by atoms with Crippen LogP contribution < -0.4 is 5.32 Å². The normalized spacial score (nSPS) is 22.0. The van der Waals surface area contributed by atoms with Gasteiger partial charge in [0.25, 0.3) is 0 Å². The molecule has 2 fully saturated rings. The molecule has 0 atom stereocenters. The number of guanidine groups is 1. The number of piperazine rings is 1. The lowest BCUT2D eigenvalue weighted by Crippen LogP contribution is -2.52. The highest BCUT2D eigenvalue weighted by molar-refractivity contribution is 5.80. The Morgan fingerprint density at radius 2 is 2.17 bits per heavy atom. The Bertz CT molecular complexity index is 505. The van der Waals surface area contributed by atoms with Crippen LogP contribution in [-0.4, -0.2) is 70.9 Å². The average molecular weight is 321 g/mol. The number of nitrogens with one attached hydrogen (secondary N) is 1. The summed E-state index contributed by atoms with van der Waals surface area (Å²) in [6.45, 7) is 8.07. The zero-order valence-corrected chi connectivity index (χ0v) is 13.9. The number of hydrogen-bond donors (Lipinski definition) is 2. The van der Waals surface area contributed by atoms with Gasteiger partial charge in [0.15, 0.2) is 5.96 Å². The Kier molecular flexibility index (Phi) is 5.17. The summed E-state index contributed by atoms with van der Waals surface area (Å²) in [6.07, 6.45) is 4.48. The lowest BCUT2D eigenvalue weighted by atomic mass is 9.80. The molecule has 0 spiro atoms.